The van der Waals surface area contributed by atoms with Gasteiger partial charge in [0, 0.05) is 35.4 Å². The molecular formula is C25H32N4O4. The summed E-state index contributed by atoms with van der Waals surface area (Å²) in [6, 6.07) is 9.54. The van der Waals surface area contributed by atoms with E-state index >= 15 is 0 Å². The number of carbonyl (C=O) groups is 1. The number of aliphatic hydroxyl groups is 1. The van der Waals surface area contributed by atoms with Crippen molar-refractivity contribution in [3.8, 4) is 11.5 Å². The van der Waals surface area contributed by atoms with E-state index in [1.807, 2.05) is 26.0 Å². The Hall–Kier alpha value is -3.36. The quantitative estimate of drug-likeness (QED) is 0.372. The molecule has 2 aromatic carbocycles. The molecule has 8 nitrogen and oxygen atoms in total. The van der Waals surface area contributed by atoms with Crippen LogP contribution in [0.15, 0.2) is 36.5 Å². The smallest absolute Gasteiger partial charge is 0.252 e. The van der Waals surface area contributed by atoms with Crippen LogP contribution in [0.2, 0.25) is 0 Å². The molecule has 0 radical (unpaired) electrons. The van der Waals surface area contributed by atoms with E-state index in [1.54, 1.807) is 26.4 Å². The molecule has 0 bridgehead atoms. The third kappa shape index (κ3) is 5.18. The Morgan fingerprint density at radius 3 is 2.48 bits per heavy atom. The first-order valence-corrected chi connectivity index (χ1v) is 10.8. The van der Waals surface area contributed by atoms with Crippen molar-refractivity contribution in [1.82, 2.24) is 10.3 Å². The number of hydrogen-bond acceptors (Lipinski definition) is 7. The molecular weight excluding hydrogens is 420 g/mol. The number of nitrogens with one attached hydrogen (secondary N) is 2. The van der Waals surface area contributed by atoms with Crippen molar-refractivity contribution < 1.29 is 19.4 Å². The second kappa shape index (κ2) is 10.1. The number of aliphatic hydroxyl groups excluding tert-OH is 1. The van der Waals surface area contributed by atoms with Crippen LogP contribution in [0.1, 0.15) is 42.3 Å². The average Bonchev–Trinajstić information content (AvgIpc) is 2.81. The summed E-state index contributed by atoms with van der Waals surface area (Å²) in [6.45, 7) is 6.60. The van der Waals surface area contributed by atoms with Gasteiger partial charge in [-0.25, -0.2) is 0 Å². The van der Waals surface area contributed by atoms with Gasteiger partial charge in [-0.1, -0.05) is 19.1 Å². The minimum atomic E-state index is -0.581. The van der Waals surface area contributed by atoms with Gasteiger partial charge in [0.15, 0.2) is 11.5 Å². The van der Waals surface area contributed by atoms with Crippen LogP contribution in [-0.4, -0.2) is 42.4 Å². The lowest BCUT2D eigenvalue weighted by Gasteiger charge is -2.25. The van der Waals surface area contributed by atoms with Crippen molar-refractivity contribution in [3.63, 3.8) is 0 Å². The number of anilines is 2. The molecule has 0 aliphatic carbocycles. The molecule has 1 aromatic heterocycles. The molecule has 0 saturated carbocycles. The second-order valence-electron chi connectivity index (χ2n) is 8.45. The van der Waals surface area contributed by atoms with Crippen LogP contribution < -0.4 is 25.8 Å². The predicted molar refractivity (Wildman–Crippen MR) is 130 cm³/mol. The van der Waals surface area contributed by atoms with E-state index < -0.39 is 11.4 Å². The van der Waals surface area contributed by atoms with Gasteiger partial charge < -0.3 is 30.9 Å². The van der Waals surface area contributed by atoms with E-state index in [0.29, 0.717) is 34.6 Å². The summed E-state index contributed by atoms with van der Waals surface area (Å²) in [5.41, 5.74) is 9.83. The van der Waals surface area contributed by atoms with Crippen LogP contribution >= 0.6 is 0 Å². The molecule has 0 unspecified atom stereocenters. The fourth-order valence-electron chi connectivity index (χ4n) is 3.70. The van der Waals surface area contributed by atoms with Gasteiger partial charge in [-0.2, -0.15) is 0 Å². The van der Waals surface area contributed by atoms with E-state index in [9.17, 15) is 9.90 Å². The van der Waals surface area contributed by atoms with E-state index in [-0.39, 0.29) is 12.2 Å². The Balaban J connectivity index is 2.12. The third-order valence-electron chi connectivity index (χ3n) is 5.68. The molecule has 0 atom stereocenters. The molecule has 0 saturated heterocycles. The summed E-state index contributed by atoms with van der Waals surface area (Å²) in [5.74, 6) is 0.489. The van der Waals surface area contributed by atoms with Crippen molar-refractivity contribution in [2.24, 2.45) is 5.73 Å². The van der Waals surface area contributed by atoms with Crippen LogP contribution in [0.25, 0.3) is 10.9 Å². The fourth-order valence-corrected chi connectivity index (χ4v) is 3.70. The van der Waals surface area contributed by atoms with Crippen LogP contribution in [0.4, 0.5) is 11.4 Å². The summed E-state index contributed by atoms with van der Waals surface area (Å²) >= 11 is 0. The number of rotatable bonds is 10. The third-order valence-corrected chi connectivity index (χ3v) is 5.68. The number of hydrogen-bond donors (Lipinski definition) is 4. The molecule has 0 aliphatic heterocycles. The number of fused-ring (bicyclic) bond motifs is 1. The van der Waals surface area contributed by atoms with Gasteiger partial charge in [0.1, 0.15) is 0 Å². The van der Waals surface area contributed by atoms with Gasteiger partial charge in [0.05, 0.1) is 37.6 Å². The normalized spacial score (nSPS) is 11.5. The van der Waals surface area contributed by atoms with Crippen LogP contribution in [0.3, 0.4) is 0 Å². The predicted octanol–water partition coefficient (Wildman–Crippen LogP) is 3.52. The molecule has 0 fully saturated rings. The summed E-state index contributed by atoms with van der Waals surface area (Å²) in [7, 11) is 3.12. The highest BCUT2D eigenvalue weighted by atomic mass is 16.5. The lowest BCUT2D eigenvalue weighted by atomic mass is 10.00. The maximum absolute atomic E-state index is 12.3. The molecule has 3 rings (SSSR count). The molecule has 1 amide bonds. The first-order chi connectivity index (χ1) is 15.7. The summed E-state index contributed by atoms with van der Waals surface area (Å²) in [4.78, 5) is 16.7. The summed E-state index contributed by atoms with van der Waals surface area (Å²) in [5, 5.41) is 17.1. The molecule has 3 aromatic rings. The van der Waals surface area contributed by atoms with Crippen molar-refractivity contribution in [2.45, 2.75) is 39.3 Å². The van der Waals surface area contributed by atoms with Crippen LogP contribution in [0.5, 0.6) is 11.5 Å². The average molecular weight is 453 g/mol. The number of ether oxygens (including phenoxy) is 2. The zero-order valence-corrected chi connectivity index (χ0v) is 19.8. The molecule has 1 heterocycles. The lowest BCUT2D eigenvalue weighted by molar-refractivity contribution is 0.100. The number of nitrogens with zero attached hydrogens (tertiary/aromatic N) is 1. The Bertz CT molecular complexity index is 1160. The Labute approximate surface area is 194 Å². The molecule has 176 valence electrons. The van der Waals surface area contributed by atoms with E-state index in [2.05, 4.69) is 28.6 Å². The minimum absolute atomic E-state index is 0.0304. The van der Waals surface area contributed by atoms with Crippen LogP contribution in [-0.2, 0) is 13.0 Å². The Kier molecular flexibility index (Phi) is 7.40. The largest absolute Gasteiger partial charge is 0.493 e. The van der Waals surface area contributed by atoms with Crippen molar-refractivity contribution >= 4 is 28.2 Å². The number of aromatic nitrogens is 1. The van der Waals surface area contributed by atoms with Gasteiger partial charge in [0.2, 0.25) is 0 Å². The number of nitrogens with two attached hydrogens (primary N) is 1. The van der Waals surface area contributed by atoms with Crippen molar-refractivity contribution in [2.75, 3.05) is 26.1 Å². The molecule has 33 heavy (non-hydrogen) atoms. The highest BCUT2D eigenvalue weighted by molar-refractivity contribution is 6.08. The summed E-state index contributed by atoms with van der Waals surface area (Å²) in [6.07, 6.45) is 2.24. The number of amides is 1. The molecule has 0 spiro atoms. The fraction of sp³-hybridized carbons (Fsp3) is 0.360. The van der Waals surface area contributed by atoms with E-state index in [4.69, 9.17) is 15.2 Å². The number of methoxy groups -OCH3 is 2. The topological polar surface area (TPSA) is 119 Å². The SMILES string of the molecule is CCc1c(CNC(C)(C)CO)cccc1Nc1c(C(N)=O)cnc2cc(OC)c(OC)cc12. The van der Waals surface area contributed by atoms with Gasteiger partial charge in [-0.15, -0.1) is 0 Å². The molecule has 0 aliphatic rings. The van der Waals surface area contributed by atoms with Crippen molar-refractivity contribution in [1.29, 1.82) is 0 Å². The van der Waals surface area contributed by atoms with Crippen molar-refractivity contribution in [3.05, 3.63) is 53.2 Å². The number of primary amides is 1. The van der Waals surface area contributed by atoms with Gasteiger partial charge in [0.25, 0.3) is 5.91 Å². The number of benzene rings is 2. The maximum Gasteiger partial charge on any atom is 0.252 e. The lowest BCUT2D eigenvalue weighted by Crippen LogP contribution is -2.42. The number of carbonyl (C=O) groups excluding carboxylic acids is 1. The van der Waals surface area contributed by atoms with E-state index in [0.717, 1.165) is 23.2 Å². The molecule has 8 heteroatoms. The first kappa shape index (κ1) is 24.3. The van der Waals surface area contributed by atoms with Crippen LogP contribution in [0, 0.1) is 0 Å². The zero-order valence-electron chi connectivity index (χ0n) is 19.8. The number of pyridine rings is 1. The maximum atomic E-state index is 12.3. The first-order valence-electron chi connectivity index (χ1n) is 10.8. The minimum Gasteiger partial charge on any atom is -0.493 e. The zero-order chi connectivity index (χ0) is 24.2. The Morgan fingerprint density at radius 2 is 1.88 bits per heavy atom. The monoisotopic (exact) mass is 452 g/mol. The highest BCUT2D eigenvalue weighted by Crippen LogP contribution is 2.37. The van der Waals surface area contributed by atoms with Gasteiger partial charge >= 0.3 is 0 Å². The standard InChI is InChI=1S/C25H32N4O4/c1-6-16-15(12-28-25(2,3)14-30)8-7-9-19(16)29-23-17-10-21(32-4)22(33-5)11-20(17)27-13-18(23)24(26)31/h7-11,13,28,30H,6,12,14H2,1-5H3,(H2,26,31)(H,27,29). The summed E-state index contributed by atoms with van der Waals surface area (Å²) < 4.78 is 10.9. The van der Waals surface area contributed by atoms with Gasteiger partial charge in [-0.3, -0.25) is 9.78 Å². The highest BCUT2D eigenvalue weighted by Gasteiger charge is 2.19. The second-order valence-corrected chi connectivity index (χ2v) is 8.45. The Morgan fingerprint density at radius 1 is 1.18 bits per heavy atom. The molecule has 5 N–H and O–H groups in total. The van der Waals surface area contributed by atoms with Gasteiger partial charge in [-0.05, 0) is 43.5 Å². The van der Waals surface area contributed by atoms with E-state index in [1.165, 1.54) is 6.20 Å².